The molecule has 3 rings (SSSR count). The van der Waals surface area contributed by atoms with Crippen molar-refractivity contribution < 1.29 is 5.11 Å². The van der Waals surface area contributed by atoms with Gasteiger partial charge < -0.3 is 10.0 Å². The third-order valence-electron chi connectivity index (χ3n) is 4.09. The summed E-state index contributed by atoms with van der Waals surface area (Å²) in [7, 11) is 0. The molecule has 0 spiro atoms. The fourth-order valence-corrected chi connectivity index (χ4v) is 3.06. The number of aryl methyl sites for hydroxylation is 2. The van der Waals surface area contributed by atoms with Crippen molar-refractivity contribution in [3.8, 4) is 0 Å². The number of hydrogen-bond acceptors (Lipinski definition) is 2. The summed E-state index contributed by atoms with van der Waals surface area (Å²) in [6, 6.07) is 15.0. The zero-order chi connectivity index (χ0) is 13.9. The minimum atomic E-state index is 0.109. The fraction of sp³-hybridized carbons (Fsp3) is 0.333. The number of hydrogen-bond donors (Lipinski definition) is 1. The monoisotopic (exact) mass is 267 g/mol. The van der Waals surface area contributed by atoms with Crippen LogP contribution < -0.4 is 4.90 Å². The SMILES string of the molecule is Cc1cc(CO)ccc1N1CCCCc2ccccc21. The van der Waals surface area contributed by atoms with Crippen LogP contribution in [0.3, 0.4) is 0 Å². The maximum atomic E-state index is 9.25. The van der Waals surface area contributed by atoms with Crippen LogP contribution in [0.2, 0.25) is 0 Å². The Kier molecular flexibility index (Phi) is 3.75. The number of para-hydroxylation sites is 1. The molecule has 0 atom stereocenters. The number of fused-ring (bicyclic) bond motifs is 1. The van der Waals surface area contributed by atoms with Gasteiger partial charge in [-0.25, -0.2) is 0 Å². The molecule has 0 unspecified atom stereocenters. The lowest BCUT2D eigenvalue weighted by atomic mass is 10.1. The van der Waals surface area contributed by atoms with Gasteiger partial charge in [-0.05, 0) is 55.0 Å². The molecule has 20 heavy (non-hydrogen) atoms. The Balaban J connectivity index is 2.05. The second-order valence-electron chi connectivity index (χ2n) is 5.52. The van der Waals surface area contributed by atoms with Gasteiger partial charge >= 0.3 is 0 Å². The van der Waals surface area contributed by atoms with Gasteiger partial charge in [-0.2, -0.15) is 0 Å². The molecule has 0 amide bonds. The first-order chi connectivity index (χ1) is 9.79. The summed E-state index contributed by atoms with van der Waals surface area (Å²) in [5.41, 5.74) is 6.25. The Morgan fingerprint density at radius 2 is 1.90 bits per heavy atom. The van der Waals surface area contributed by atoms with Crippen LogP contribution in [0.5, 0.6) is 0 Å². The van der Waals surface area contributed by atoms with Crippen LogP contribution in [0, 0.1) is 6.92 Å². The first-order valence-electron chi connectivity index (χ1n) is 7.35. The van der Waals surface area contributed by atoms with E-state index in [2.05, 4.69) is 48.2 Å². The maximum Gasteiger partial charge on any atom is 0.0681 e. The second-order valence-corrected chi connectivity index (χ2v) is 5.52. The van der Waals surface area contributed by atoms with E-state index in [4.69, 9.17) is 0 Å². The average molecular weight is 267 g/mol. The van der Waals surface area contributed by atoms with Crippen molar-refractivity contribution in [2.75, 3.05) is 11.4 Å². The van der Waals surface area contributed by atoms with Crippen LogP contribution in [0.15, 0.2) is 42.5 Å². The van der Waals surface area contributed by atoms with E-state index < -0.39 is 0 Å². The molecule has 0 fully saturated rings. The molecular weight excluding hydrogens is 246 g/mol. The molecule has 1 aliphatic heterocycles. The maximum absolute atomic E-state index is 9.25. The number of anilines is 2. The Bertz CT molecular complexity index is 606. The van der Waals surface area contributed by atoms with Gasteiger partial charge in [0.25, 0.3) is 0 Å². The minimum absolute atomic E-state index is 0.109. The van der Waals surface area contributed by atoms with Gasteiger partial charge in [0.2, 0.25) is 0 Å². The van der Waals surface area contributed by atoms with E-state index in [1.54, 1.807) is 0 Å². The van der Waals surface area contributed by atoms with Gasteiger partial charge in [-0.1, -0.05) is 30.3 Å². The molecule has 104 valence electrons. The molecule has 1 N–H and O–H groups in total. The standard InChI is InChI=1S/C18H21NO/c1-14-12-15(13-20)9-10-17(14)19-11-5-4-7-16-6-2-3-8-18(16)19/h2-3,6,8-10,12,20H,4-5,7,11,13H2,1H3. The Hall–Kier alpha value is -1.80. The molecule has 0 aliphatic carbocycles. The molecule has 0 radical (unpaired) electrons. The Labute approximate surface area is 120 Å². The summed E-state index contributed by atoms with van der Waals surface area (Å²) in [5, 5.41) is 9.25. The predicted octanol–water partition coefficient (Wildman–Crippen LogP) is 3.96. The van der Waals surface area contributed by atoms with Gasteiger partial charge in [0.1, 0.15) is 0 Å². The molecule has 0 saturated heterocycles. The molecule has 2 heteroatoms. The van der Waals surface area contributed by atoms with Crippen LogP contribution in [-0.2, 0) is 13.0 Å². The largest absolute Gasteiger partial charge is 0.392 e. The fourth-order valence-electron chi connectivity index (χ4n) is 3.06. The summed E-state index contributed by atoms with van der Waals surface area (Å²) in [6.07, 6.45) is 3.64. The molecule has 2 aromatic rings. The van der Waals surface area contributed by atoms with Crippen LogP contribution in [0.1, 0.15) is 29.5 Å². The van der Waals surface area contributed by atoms with E-state index in [1.165, 1.54) is 41.8 Å². The lowest BCUT2D eigenvalue weighted by Gasteiger charge is -2.27. The second kappa shape index (κ2) is 5.68. The van der Waals surface area contributed by atoms with Crippen molar-refractivity contribution in [1.82, 2.24) is 0 Å². The zero-order valence-electron chi connectivity index (χ0n) is 12.0. The predicted molar refractivity (Wildman–Crippen MR) is 83.5 cm³/mol. The average Bonchev–Trinajstić information content (AvgIpc) is 2.69. The lowest BCUT2D eigenvalue weighted by Crippen LogP contribution is -2.19. The molecule has 0 aromatic heterocycles. The number of benzene rings is 2. The summed E-state index contributed by atoms with van der Waals surface area (Å²) in [5.74, 6) is 0. The smallest absolute Gasteiger partial charge is 0.0681 e. The molecule has 1 aliphatic rings. The highest BCUT2D eigenvalue weighted by molar-refractivity contribution is 5.69. The highest BCUT2D eigenvalue weighted by Crippen LogP contribution is 2.34. The molecule has 1 heterocycles. The summed E-state index contributed by atoms with van der Waals surface area (Å²) >= 11 is 0. The third-order valence-corrected chi connectivity index (χ3v) is 4.09. The number of rotatable bonds is 2. The van der Waals surface area contributed by atoms with Gasteiger partial charge in [-0.15, -0.1) is 0 Å². The Morgan fingerprint density at radius 3 is 2.70 bits per heavy atom. The summed E-state index contributed by atoms with van der Waals surface area (Å²) in [4.78, 5) is 2.43. The first kappa shape index (κ1) is 13.2. The van der Waals surface area contributed by atoms with E-state index >= 15 is 0 Å². The minimum Gasteiger partial charge on any atom is -0.392 e. The quantitative estimate of drug-likeness (QED) is 0.890. The van der Waals surface area contributed by atoms with Gasteiger partial charge in [0.05, 0.1) is 6.61 Å². The van der Waals surface area contributed by atoms with Crippen molar-refractivity contribution in [3.63, 3.8) is 0 Å². The van der Waals surface area contributed by atoms with Crippen LogP contribution in [-0.4, -0.2) is 11.7 Å². The third kappa shape index (κ3) is 2.44. The highest BCUT2D eigenvalue weighted by atomic mass is 16.3. The molecular formula is C18H21NO. The van der Waals surface area contributed by atoms with Crippen molar-refractivity contribution in [2.45, 2.75) is 32.8 Å². The van der Waals surface area contributed by atoms with Crippen molar-refractivity contribution in [2.24, 2.45) is 0 Å². The molecule has 0 bridgehead atoms. The van der Waals surface area contributed by atoms with E-state index in [-0.39, 0.29) is 6.61 Å². The van der Waals surface area contributed by atoms with Crippen LogP contribution in [0.25, 0.3) is 0 Å². The van der Waals surface area contributed by atoms with Crippen molar-refractivity contribution >= 4 is 11.4 Å². The highest BCUT2D eigenvalue weighted by Gasteiger charge is 2.17. The summed E-state index contributed by atoms with van der Waals surface area (Å²) in [6.45, 7) is 3.30. The normalized spacial score (nSPS) is 14.8. The van der Waals surface area contributed by atoms with Crippen molar-refractivity contribution in [3.05, 3.63) is 59.2 Å². The van der Waals surface area contributed by atoms with E-state index in [0.29, 0.717) is 0 Å². The first-order valence-corrected chi connectivity index (χ1v) is 7.35. The van der Waals surface area contributed by atoms with Gasteiger partial charge in [0.15, 0.2) is 0 Å². The summed E-state index contributed by atoms with van der Waals surface area (Å²) < 4.78 is 0. The lowest BCUT2D eigenvalue weighted by molar-refractivity contribution is 0.282. The molecule has 2 aromatic carbocycles. The number of nitrogens with zero attached hydrogens (tertiary/aromatic N) is 1. The number of aliphatic hydroxyl groups excluding tert-OH is 1. The van der Waals surface area contributed by atoms with E-state index in [9.17, 15) is 5.11 Å². The Morgan fingerprint density at radius 1 is 1.05 bits per heavy atom. The molecule has 0 saturated carbocycles. The van der Waals surface area contributed by atoms with Crippen LogP contribution >= 0.6 is 0 Å². The van der Waals surface area contributed by atoms with E-state index in [0.717, 1.165) is 12.1 Å². The molecule has 2 nitrogen and oxygen atoms in total. The number of aliphatic hydroxyl groups is 1. The zero-order valence-corrected chi connectivity index (χ0v) is 12.0. The van der Waals surface area contributed by atoms with E-state index in [1.807, 2.05) is 6.07 Å². The van der Waals surface area contributed by atoms with Crippen LogP contribution in [0.4, 0.5) is 11.4 Å². The van der Waals surface area contributed by atoms with Crippen molar-refractivity contribution in [1.29, 1.82) is 0 Å². The van der Waals surface area contributed by atoms with Gasteiger partial charge in [-0.3, -0.25) is 0 Å². The van der Waals surface area contributed by atoms with Gasteiger partial charge in [0, 0.05) is 17.9 Å². The topological polar surface area (TPSA) is 23.5 Å².